The minimum absolute atomic E-state index is 0.0218. The molecule has 38 heavy (non-hydrogen) atoms. The lowest BCUT2D eigenvalue weighted by Gasteiger charge is -2.40. The molecule has 0 radical (unpaired) electrons. The number of carbonyl (C=O) groups is 3. The van der Waals surface area contributed by atoms with Gasteiger partial charge in [0.2, 0.25) is 5.91 Å². The molecule has 4 rings (SSSR count). The van der Waals surface area contributed by atoms with Gasteiger partial charge >= 0.3 is 6.43 Å². The Morgan fingerprint density at radius 2 is 1.76 bits per heavy atom. The van der Waals surface area contributed by atoms with E-state index in [1.807, 2.05) is 5.32 Å². The van der Waals surface area contributed by atoms with Gasteiger partial charge in [-0.25, -0.2) is 13.8 Å². The third-order valence-corrected chi connectivity index (χ3v) is 6.65. The van der Waals surface area contributed by atoms with Crippen LogP contribution in [0.5, 0.6) is 0 Å². The number of nitrogens with one attached hydrogen (secondary N) is 2. The minimum Gasteiger partial charge on any atom is -0.349 e. The lowest BCUT2D eigenvalue weighted by molar-refractivity contribution is -0.137. The van der Waals surface area contributed by atoms with E-state index in [0.29, 0.717) is 11.2 Å². The van der Waals surface area contributed by atoms with Gasteiger partial charge in [0, 0.05) is 25.1 Å². The highest BCUT2D eigenvalue weighted by molar-refractivity contribution is 5.94. The molecule has 0 unspecified atom stereocenters. The molecule has 8 nitrogen and oxygen atoms in total. The maximum Gasteiger partial charge on any atom is 0.315 e. The van der Waals surface area contributed by atoms with Gasteiger partial charge < -0.3 is 15.5 Å². The first-order chi connectivity index (χ1) is 18.0. The first kappa shape index (κ1) is 27.1. The number of likely N-dealkylation sites (tertiary alicyclic amines) is 1. The Bertz CT molecular complexity index is 1330. The average molecular weight is 534 g/mol. The fourth-order valence-corrected chi connectivity index (χ4v) is 4.78. The monoisotopic (exact) mass is 533 g/mol. The topological polar surface area (TPSA) is 95.8 Å². The molecule has 0 bridgehead atoms. The van der Waals surface area contributed by atoms with Crippen molar-refractivity contribution in [3.63, 3.8) is 0 Å². The van der Waals surface area contributed by atoms with Gasteiger partial charge in [-0.15, -0.1) is 0 Å². The van der Waals surface area contributed by atoms with Gasteiger partial charge in [0.15, 0.2) is 0 Å². The molecule has 3 aromatic rings. The summed E-state index contributed by atoms with van der Waals surface area (Å²) in [6.07, 6.45) is 0.0588. The third kappa shape index (κ3) is 5.79. The molecule has 2 N–H and O–H groups in total. The van der Waals surface area contributed by atoms with Crippen LogP contribution in [0.1, 0.15) is 42.2 Å². The number of pyridine rings is 1. The molecule has 12 heteroatoms. The van der Waals surface area contributed by atoms with E-state index >= 15 is 0 Å². The number of rotatable bonds is 7. The van der Waals surface area contributed by atoms with Crippen LogP contribution in [-0.2, 0) is 9.59 Å². The molecule has 0 saturated carbocycles. The van der Waals surface area contributed by atoms with Gasteiger partial charge in [-0.2, -0.15) is 8.78 Å². The SMILES string of the molecule is CC(C)[C@@H](NC(=O)C(F)F)C(=O)N[C@@H]1CN(C(=O)c2cccc3cncn23)CC[C@H]1c1cc(F)cc(F)c1. The van der Waals surface area contributed by atoms with Gasteiger partial charge in [0.05, 0.1) is 24.1 Å². The number of hydrogen-bond donors (Lipinski definition) is 2. The molecule has 3 atom stereocenters. The normalized spacial score (nSPS) is 18.6. The van der Waals surface area contributed by atoms with Crippen molar-refractivity contribution in [1.82, 2.24) is 24.9 Å². The molecule has 2 aromatic heterocycles. The van der Waals surface area contributed by atoms with Crippen molar-refractivity contribution < 1.29 is 31.9 Å². The van der Waals surface area contributed by atoms with Crippen molar-refractivity contribution in [3.8, 4) is 0 Å². The summed E-state index contributed by atoms with van der Waals surface area (Å²) in [6.45, 7) is 3.37. The Labute approximate surface area is 216 Å². The number of amides is 3. The second kappa shape index (κ2) is 11.2. The maximum absolute atomic E-state index is 14.1. The van der Waals surface area contributed by atoms with Crippen LogP contribution in [-0.4, -0.2) is 63.6 Å². The van der Waals surface area contributed by atoms with Crippen molar-refractivity contribution in [2.45, 2.75) is 44.7 Å². The smallest absolute Gasteiger partial charge is 0.315 e. The molecule has 0 spiro atoms. The zero-order chi connectivity index (χ0) is 27.6. The lowest BCUT2D eigenvalue weighted by Crippen LogP contribution is -2.58. The highest BCUT2D eigenvalue weighted by atomic mass is 19.3. The van der Waals surface area contributed by atoms with Crippen molar-refractivity contribution >= 4 is 23.2 Å². The quantitative estimate of drug-likeness (QED) is 0.457. The molecule has 1 fully saturated rings. The number of hydrogen-bond acceptors (Lipinski definition) is 4. The standard InChI is InChI=1S/C26H27F4N5O3/c1-14(2)22(33-25(37)23(29)30)24(36)32-20-12-34(7-6-19(20)15-8-16(27)10-17(28)9-15)26(38)21-5-3-4-18-11-31-13-35(18)21/h3-5,8-11,13-14,19-20,22-23H,6-7,12H2,1-2H3,(H,32,36)(H,33,37)/t19-,20+,22+/m0/s1. The Morgan fingerprint density at radius 3 is 2.42 bits per heavy atom. The van der Waals surface area contributed by atoms with E-state index in [0.717, 1.165) is 18.2 Å². The second-order valence-electron chi connectivity index (χ2n) is 9.59. The summed E-state index contributed by atoms with van der Waals surface area (Å²) in [5.74, 6) is -5.38. The van der Waals surface area contributed by atoms with Gasteiger partial charge in [-0.3, -0.25) is 18.8 Å². The first-order valence-electron chi connectivity index (χ1n) is 12.1. The fraction of sp³-hybridized carbons (Fsp3) is 0.385. The Morgan fingerprint density at radius 1 is 1.05 bits per heavy atom. The van der Waals surface area contributed by atoms with E-state index in [4.69, 9.17) is 0 Å². The number of fused-ring (bicyclic) bond motifs is 1. The van der Waals surface area contributed by atoms with Crippen LogP contribution >= 0.6 is 0 Å². The highest BCUT2D eigenvalue weighted by Gasteiger charge is 2.37. The first-order valence-corrected chi connectivity index (χ1v) is 12.1. The predicted molar refractivity (Wildman–Crippen MR) is 130 cm³/mol. The number of piperidine rings is 1. The number of alkyl halides is 2. The Hall–Kier alpha value is -3.96. The summed E-state index contributed by atoms with van der Waals surface area (Å²) in [4.78, 5) is 43.8. The molecular formula is C26H27F4N5O3. The molecule has 3 amide bonds. The number of halogens is 4. The zero-order valence-electron chi connectivity index (χ0n) is 20.7. The third-order valence-electron chi connectivity index (χ3n) is 6.65. The Kier molecular flexibility index (Phi) is 7.98. The summed E-state index contributed by atoms with van der Waals surface area (Å²) in [7, 11) is 0. The van der Waals surface area contributed by atoms with Crippen LogP contribution in [0.3, 0.4) is 0 Å². The van der Waals surface area contributed by atoms with Crippen molar-refractivity contribution in [3.05, 3.63) is 71.8 Å². The summed E-state index contributed by atoms with van der Waals surface area (Å²) in [5, 5.41) is 4.79. The molecule has 1 saturated heterocycles. The minimum atomic E-state index is -3.30. The van der Waals surface area contributed by atoms with E-state index in [-0.39, 0.29) is 31.0 Å². The van der Waals surface area contributed by atoms with Crippen LogP contribution in [0.4, 0.5) is 17.6 Å². The summed E-state index contributed by atoms with van der Waals surface area (Å²) < 4.78 is 55.4. The zero-order valence-corrected chi connectivity index (χ0v) is 20.7. The van der Waals surface area contributed by atoms with Gasteiger partial charge in [0.25, 0.3) is 11.8 Å². The van der Waals surface area contributed by atoms with E-state index in [9.17, 15) is 31.9 Å². The summed E-state index contributed by atoms with van der Waals surface area (Å²) >= 11 is 0. The maximum atomic E-state index is 14.1. The van der Waals surface area contributed by atoms with Gasteiger partial charge in [-0.1, -0.05) is 19.9 Å². The number of imidazole rings is 1. The van der Waals surface area contributed by atoms with E-state index in [1.165, 1.54) is 11.2 Å². The summed E-state index contributed by atoms with van der Waals surface area (Å²) in [5.41, 5.74) is 1.33. The fourth-order valence-electron chi connectivity index (χ4n) is 4.78. The second-order valence-corrected chi connectivity index (χ2v) is 9.59. The number of nitrogens with zero attached hydrogens (tertiary/aromatic N) is 3. The van der Waals surface area contributed by atoms with Crippen molar-refractivity contribution in [1.29, 1.82) is 0 Å². The molecule has 1 aliphatic rings. The van der Waals surface area contributed by atoms with Crippen LogP contribution in [0.2, 0.25) is 0 Å². The molecule has 1 aliphatic heterocycles. The van der Waals surface area contributed by atoms with E-state index in [1.54, 1.807) is 42.6 Å². The van der Waals surface area contributed by atoms with Crippen LogP contribution in [0, 0.1) is 17.6 Å². The van der Waals surface area contributed by atoms with Crippen LogP contribution in [0.15, 0.2) is 48.9 Å². The Balaban J connectivity index is 1.62. The average Bonchev–Trinajstić information content (AvgIpc) is 3.34. The lowest BCUT2D eigenvalue weighted by atomic mass is 9.84. The van der Waals surface area contributed by atoms with E-state index in [2.05, 4.69) is 10.3 Å². The van der Waals surface area contributed by atoms with Crippen LogP contribution in [0.25, 0.3) is 5.52 Å². The van der Waals surface area contributed by atoms with Gasteiger partial charge in [0.1, 0.15) is 23.4 Å². The molecule has 3 heterocycles. The number of benzene rings is 1. The van der Waals surface area contributed by atoms with Crippen molar-refractivity contribution in [2.75, 3.05) is 13.1 Å². The summed E-state index contributed by atoms with van der Waals surface area (Å²) in [6, 6.07) is 6.08. The van der Waals surface area contributed by atoms with Crippen LogP contribution < -0.4 is 10.6 Å². The number of carbonyl (C=O) groups excluding carboxylic acids is 3. The molecule has 1 aromatic carbocycles. The largest absolute Gasteiger partial charge is 0.349 e. The molecule has 202 valence electrons. The highest BCUT2D eigenvalue weighted by Crippen LogP contribution is 2.31. The van der Waals surface area contributed by atoms with E-state index < -0.39 is 53.8 Å². The molecular weight excluding hydrogens is 506 g/mol. The number of aromatic nitrogens is 2. The predicted octanol–water partition coefficient (Wildman–Crippen LogP) is 3.13. The molecule has 0 aliphatic carbocycles. The van der Waals surface area contributed by atoms with Crippen molar-refractivity contribution in [2.24, 2.45) is 5.92 Å². The van der Waals surface area contributed by atoms with Gasteiger partial charge in [-0.05, 0) is 42.2 Å².